The van der Waals surface area contributed by atoms with Gasteiger partial charge < -0.3 is 21.5 Å². The number of nitrogens with two attached hydrogens (primary N) is 2. The van der Waals surface area contributed by atoms with Crippen molar-refractivity contribution < 1.29 is 9.53 Å². The normalized spacial score (nSPS) is 10.3. The van der Waals surface area contributed by atoms with E-state index in [2.05, 4.69) is 5.32 Å². The van der Waals surface area contributed by atoms with Crippen molar-refractivity contribution in [3.05, 3.63) is 23.8 Å². The summed E-state index contributed by atoms with van der Waals surface area (Å²) in [7, 11) is 1.70. The van der Waals surface area contributed by atoms with Crippen molar-refractivity contribution in [1.82, 2.24) is 0 Å². The first-order valence-corrected chi connectivity index (χ1v) is 6.07. The second kappa shape index (κ2) is 7.55. The minimum Gasteiger partial charge on any atom is -0.399 e. The zero-order valence-corrected chi connectivity index (χ0v) is 10.7. The first-order valence-electron chi connectivity index (χ1n) is 6.07. The molecule has 5 nitrogen and oxygen atoms in total. The highest BCUT2D eigenvalue weighted by Gasteiger charge is 2.07. The third-order valence-electron chi connectivity index (χ3n) is 2.65. The molecular weight excluding hydrogens is 230 g/mol. The van der Waals surface area contributed by atoms with Crippen molar-refractivity contribution in [3.8, 4) is 0 Å². The van der Waals surface area contributed by atoms with Crippen LogP contribution in [0.3, 0.4) is 0 Å². The molecule has 0 bridgehead atoms. The highest BCUT2D eigenvalue weighted by molar-refractivity contribution is 5.99. The average molecular weight is 251 g/mol. The molecule has 18 heavy (non-hydrogen) atoms. The molecule has 0 spiro atoms. The van der Waals surface area contributed by atoms with Gasteiger partial charge in [0, 0.05) is 31.6 Å². The second-order valence-corrected chi connectivity index (χ2v) is 4.15. The van der Waals surface area contributed by atoms with E-state index in [-0.39, 0.29) is 0 Å². The fourth-order valence-corrected chi connectivity index (χ4v) is 1.69. The van der Waals surface area contributed by atoms with E-state index in [0.717, 1.165) is 32.4 Å². The largest absolute Gasteiger partial charge is 0.399 e. The molecule has 100 valence electrons. The molecule has 0 heterocycles. The van der Waals surface area contributed by atoms with Gasteiger partial charge in [-0.25, -0.2) is 0 Å². The molecule has 0 unspecified atom stereocenters. The summed E-state index contributed by atoms with van der Waals surface area (Å²) in [5, 5.41) is 3.19. The number of rotatable bonds is 8. The summed E-state index contributed by atoms with van der Waals surface area (Å²) < 4.78 is 4.97. The van der Waals surface area contributed by atoms with Crippen LogP contribution in [0, 0.1) is 0 Å². The van der Waals surface area contributed by atoms with Crippen LogP contribution >= 0.6 is 0 Å². The molecule has 5 N–H and O–H groups in total. The lowest BCUT2D eigenvalue weighted by atomic mass is 10.1. The Balaban J connectivity index is 2.45. The SMILES string of the molecule is COCCCCCNc1cc(N)ccc1C(N)=O. The van der Waals surface area contributed by atoms with Crippen LogP contribution in [0.4, 0.5) is 11.4 Å². The zero-order chi connectivity index (χ0) is 13.4. The molecule has 0 aliphatic rings. The van der Waals surface area contributed by atoms with Crippen molar-refractivity contribution in [3.63, 3.8) is 0 Å². The Bertz CT molecular complexity index is 394. The van der Waals surface area contributed by atoms with E-state index in [1.807, 2.05) is 0 Å². The fraction of sp³-hybridized carbons (Fsp3) is 0.462. The predicted octanol–water partition coefficient (Wildman–Crippen LogP) is 1.60. The molecule has 0 aliphatic carbocycles. The lowest BCUT2D eigenvalue weighted by Gasteiger charge is -2.10. The molecule has 0 saturated heterocycles. The maximum atomic E-state index is 11.2. The molecule has 0 radical (unpaired) electrons. The van der Waals surface area contributed by atoms with Crippen LogP contribution in [0.25, 0.3) is 0 Å². The number of carbonyl (C=O) groups excluding carboxylic acids is 1. The predicted molar refractivity (Wildman–Crippen MR) is 73.6 cm³/mol. The fourth-order valence-electron chi connectivity index (χ4n) is 1.69. The molecule has 0 saturated carbocycles. The molecule has 1 rings (SSSR count). The number of benzene rings is 1. The van der Waals surface area contributed by atoms with Crippen LogP contribution in [0.1, 0.15) is 29.6 Å². The van der Waals surface area contributed by atoms with Gasteiger partial charge in [0.25, 0.3) is 5.91 Å². The Labute approximate surface area is 107 Å². The summed E-state index contributed by atoms with van der Waals surface area (Å²) in [4.78, 5) is 11.2. The topological polar surface area (TPSA) is 90.4 Å². The van der Waals surface area contributed by atoms with E-state index in [0.29, 0.717) is 16.9 Å². The van der Waals surface area contributed by atoms with Gasteiger partial charge in [-0.3, -0.25) is 4.79 Å². The summed E-state index contributed by atoms with van der Waals surface area (Å²) >= 11 is 0. The number of methoxy groups -OCH3 is 1. The van der Waals surface area contributed by atoms with E-state index in [1.165, 1.54) is 0 Å². The highest BCUT2D eigenvalue weighted by atomic mass is 16.5. The quantitative estimate of drug-likeness (QED) is 0.483. The number of nitrogen functional groups attached to an aromatic ring is 1. The van der Waals surface area contributed by atoms with Crippen molar-refractivity contribution in [2.24, 2.45) is 5.73 Å². The monoisotopic (exact) mass is 251 g/mol. The maximum Gasteiger partial charge on any atom is 0.250 e. The molecule has 0 aromatic heterocycles. The number of ether oxygens (including phenoxy) is 1. The van der Waals surface area contributed by atoms with Crippen LogP contribution in [-0.4, -0.2) is 26.2 Å². The minimum atomic E-state index is -0.447. The molecule has 1 aromatic carbocycles. The van der Waals surface area contributed by atoms with Gasteiger partial charge in [-0.2, -0.15) is 0 Å². The Morgan fingerprint density at radius 1 is 1.33 bits per heavy atom. The number of carbonyl (C=O) groups is 1. The maximum absolute atomic E-state index is 11.2. The Morgan fingerprint density at radius 2 is 2.11 bits per heavy atom. The molecule has 0 fully saturated rings. The van der Waals surface area contributed by atoms with Crippen molar-refractivity contribution in [1.29, 1.82) is 0 Å². The van der Waals surface area contributed by atoms with Gasteiger partial charge >= 0.3 is 0 Å². The minimum absolute atomic E-state index is 0.447. The van der Waals surface area contributed by atoms with Crippen molar-refractivity contribution >= 4 is 17.3 Å². The summed E-state index contributed by atoms with van der Waals surface area (Å²) in [6, 6.07) is 5.05. The molecular formula is C13H21N3O2. The number of amides is 1. The van der Waals surface area contributed by atoms with Gasteiger partial charge in [0.15, 0.2) is 0 Å². The van der Waals surface area contributed by atoms with E-state index >= 15 is 0 Å². The number of hydrogen-bond donors (Lipinski definition) is 3. The Morgan fingerprint density at radius 3 is 2.78 bits per heavy atom. The average Bonchev–Trinajstić information content (AvgIpc) is 2.33. The van der Waals surface area contributed by atoms with Gasteiger partial charge in [-0.05, 0) is 37.5 Å². The molecule has 1 aromatic rings. The highest BCUT2D eigenvalue weighted by Crippen LogP contribution is 2.18. The van der Waals surface area contributed by atoms with Crippen LogP contribution < -0.4 is 16.8 Å². The Hall–Kier alpha value is -1.75. The van der Waals surface area contributed by atoms with Gasteiger partial charge in [0.2, 0.25) is 0 Å². The lowest BCUT2D eigenvalue weighted by molar-refractivity contribution is 0.100. The number of nitrogens with one attached hydrogen (secondary N) is 1. The van der Waals surface area contributed by atoms with Crippen LogP contribution in [0.2, 0.25) is 0 Å². The van der Waals surface area contributed by atoms with E-state index < -0.39 is 5.91 Å². The number of unbranched alkanes of at least 4 members (excludes halogenated alkanes) is 2. The van der Waals surface area contributed by atoms with Crippen molar-refractivity contribution in [2.75, 3.05) is 31.3 Å². The molecule has 0 aliphatic heterocycles. The summed E-state index contributed by atoms with van der Waals surface area (Å²) in [6.07, 6.45) is 3.13. The van der Waals surface area contributed by atoms with Crippen molar-refractivity contribution in [2.45, 2.75) is 19.3 Å². The van der Waals surface area contributed by atoms with E-state index in [4.69, 9.17) is 16.2 Å². The van der Waals surface area contributed by atoms with Gasteiger partial charge in [0.1, 0.15) is 0 Å². The smallest absolute Gasteiger partial charge is 0.250 e. The summed E-state index contributed by atoms with van der Waals surface area (Å²) in [5.41, 5.74) is 12.8. The summed E-state index contributed by atoms with van der Waals surface area (Å²) in [5.74, 6) is -0.447. The van der Waals surface area contributed by atoms with E-state index in [1.54, 1.807) is 25.3 Å². The zero-order valence-electron chi connectivity index (χ0n) is 10.7. The van der Waals surface area contributed by atoms with Gasteiger partial charge in [-0.15, -0.1) is 0 Å². The van der Waals surface area contributed by atoms with Crippen LogP contribution in [-0.2, 0) is 4.74 Å². The standard InChI is InChI=1S/C13H21N3O2/c1-18-8-4-2-3-7-16-12-9-10(14)5-6-11(12)13(15)17/h5-6,9,16H,2-4,7-8,14H2,1H3,(H2,15,17). The molecule has 1 amide bonds. The third-order valence-corrected chi connectivity index (χ3v) is 2.65. The number of anilines is 2. The summed E-state index contributed by atoms with van der Waals surface area (Å²) in [6.45, 7) is 1.57. The first-order chi connectivity index (χ1) is 8.65. The molecule has 5 heteroatoms. The van der Waals surface area contributed by atoms with Gasteiger partial charge in [0.05, 0.1) is 5.56 Å². The van der Waals surface area contributed by atoms with Gasteiger partial charge in [-0.1, -0.05) is 0 Å². The molecule has 0 atom stereocenters. The first kappa shape index (κ1) is 14.3. The van der Waals surface area contributed by atoms with E-state index in [9.17, 15) is 4.79 Å². The Kier molecular flexibility index (Phi) is 6.00. The van der Waals surface area contributed by atoms with Crippen LogP contribution in [0.5, 0.6) is 0 Å². The second-order valence-electron chi connectivity index (χ2n) is 4.15. The lowest BCUT2D eigenvalue weighted by Crippen LogP contribution is -2.15. The number of hydrogen-bond acceptors (Lipinski definition) is 4. The number of primary amides is 1. The third kappa shape index (κ3) is 4.63. The van der Waals surface area contributed by atoms with Crippen LogP contribution in [0.15, 0.2) is 18.2 Å².